The molecule has 0 bridgehead atoms. The van der Waals surface area contributed by atoms with Gasteiger partial charge in [-0.25, -0.2) is 4.79 Å². The maximum absolute atomic E-state index is 12.3. The number of hydrogen-bond donors (Lipinski definition) is 1. The fraction of sp³-hybridized carbons (Fsp3) is 0.263. The van der Waals surface area contributed by atoms with E-state index in [9.17, 15) is 9.59 Å². The van der Waals surface area contributed by atoms with Crippen LogP contribution in [0.2, 0.25) is 5.02 Å². The summed E-state index contributed by atoms with van der Waals surface area (Å²) in [5, 5.41) is 3.36. The fourth-order valence-corrected chi connectivity index (χ4v) is 2.36. The van der Waals surface area contributed by atoms with Gasteiger partial charge in [0.2, 0.25) is 0 Å². The standard InChI is InChI=1S/C19H20ClNO4/c1-4-24-19(23)14-5-8-16(9-6-14)21-18(22)13(3)25-17-10-7-15(20)11-12(17)2/h5-11,13H,4H2,1-3H3,(H,21,22). The minimum absolute atomic E-state index is 0.293. The van der Waals surface area contributed by atoms with E-state index in [2.05, 4.69) is 5.32 Å². The number of amides is 1. The highest BCUT2D eigenvalue weighted by atomic mass is 35.5. The number of benzene rings is 2. The van der Waals surface area contributed by atoms with E-state index in [-0.39, 0.29) is 5.91 Å². The summed E-state index contributed by atoms with van der Waals surface area (Å²) in [7, 11) is 0. The number of hydrogen-bond acceptors (Lipinski definition) is 4. The zero-order chi connectivity index (χ0) is 18.4. The maximum Gasteiger partial charge on any atom is 0.338 e. The molecule has 0 aromatic heterocycles. The van der Waals surface area contributed by atoms with Crippen LogP contribution in [0.25, 0.3) is 0 Å². The average Bonchev–Trinajstić information content (AvgIpc) is 2.58. The van der Waals surface area contributed by atoms with Gasteiger partial charge < -0.3 is 14.8 Å². The number of carbonyl (C=O) groups is 2. The van der Waals surface area contributed by atoms with Gasteiger partial charge in [0, 0.05) is 10.7 Å². The summed E-state index contributed by atoms with van der Waals surface area (Å²) in [6, 6.07) is 11.7. The van der Waals surface area contributed by atoms with E-state index in [4.69, 9.17) is 21.1 Å². The maximum atomic E-state index is 12.3. The van der Waals surface area contributed by atoms with Crippen molar-refractivity contribution in [2.24, 2.45) is 0 Å². The highest BCUT2D eigenvalue weighted by Gasteiger charge is 2.16. The third-order valence-electron chi connectivity index (χ3n) is 3.47. The van der Waals surface area contributed by atoms with Gasteiger partial charge in [-0.1, -0.05) is 11.6 Å². The molecule has 2 aromatic rings. The van der Waals surface area contributed by atoms with E-state index in [1.54, 1.807) is 56.3 Å². The van der Waals surface area contributed by atoms with Crippen LogP contribution in [-0.2, 0) is 9.53 Å². The van der Waals surface area contributed by atoms with Gasteiger partial charge >= 0.3 is 5.97 Å². The number of esters is 1. The molecule has 1 amide bonds. The lowest BCUT2D eigenvalue weighted by Crippen LogP contribution is -2.30. The number of ether oxygens (including phenoxy) is 2. The van der Waals surface area contributed by atoms with Crippen LogP contribution in [0.1, 0.15) is 29.8 Å². The van der Waals surface area contributed by atoms with Crippen molar-refractivity contribution in [2.45, 2.75) is 26.9 Å². The Kier molecular flexibility index (Phi) is 6.42. The Hall–Kier alpha value is -2.53. The quantitative estimate of drug-likeness (QED) is 0.782. The van der Waals surface area contributed by atoms with E-state index < -0.39 is 12.1 Å². The Bertz CT molecular complexity index is 759. The first-order valence-corrected chi connectivity index (χ1v) is 8.29. The third-order valence-corrected chi connectivity index (χ3v) is 3.71. The van der Waals surface area contributed by atoms with Crippen LogP contribution >= 0.6 is 11.6 Å². The molecule has 0 aliphatic rings. The van der Waals surface area contributed by atoms with Gasteiger partial charge in [-0.2, -0.15) is 0 Å². The van der Waals surface area contributed by atoms with Crippen LogP contribution in [0.5, 0.6) is 5.75 Å². The van der Waals surface area contributed by atoms with Crippen LogP contribution in [0, 0.1) is 6.92 Å². The van der Waals surface area contributed by atoms with Crippen LogP contribution in [0.3, 0.4) is 0 Å². The second kappa shape index (κ2) is 8.53. The zero-order valence-electron chi connectivity index (χ0n) is 14.3. The van der Waals surface area contributed by atoms with Crippen LogP contribution in [-0.4, -0.2) is 24.6 Å². The monoisotopic (exact) mass is 361 g/mol. The molecule has 2 aromatic carbocycles. The molecule has 6 heteroatoms. The molecule has 0 fully saturated rings. The topological polar surface area (TPSA) is 64.6 Å². The van der Waals surface area contributed by atoms with E-state index in [1.165, 1.54) is 0 Å². The van der Waals surface area contributed by atoms with E-state index >= 15 is 0 Å². The first kappa shape index (κ1) is 18.8. The Labute approximate surface area is 151 Å². The molecule has 0 saturated carbocycles. The minimum Gasteiger partial charge on any atom is -0.481 e. The first-order valence-electron chi connectivity index (χ1n) is 7.91. The van der Waals surface area contributed by atoms with E-state index in [0.29, 0.717) is 28.6 Å². The predicted octanol–water partition coefficient (Wildman–Crippen LogP) is 4.23. The molecule has 1 atom stereocenters. The van der Waals surface area contributed by atoms with Gasteiger partial charge in [-0.05, 0) is 68.8 Å². The van der Waals surface area contributed by atoms with Gasteiger partial charge in [0.1, 0.15) is 5.75 Å². The zero-order valence-corrected chi connectivity index (χ0v) is 15.1. The number of anilines is 1. The van der Waals surface area contributed by atoms with Crippen molar-refractivity contribution in [3.63, 3.8) is 0 Å². The lowest BCUT2D eigenvalue weighted by atomic mass is 10.2. The molecule has 2 rings (SSSR count). The highest BCUT2D eigenvalue weighted by Crippen LogP contribution is 2.23. The van der Waals surface area contributed by atoms with Gasteiger partial charge in [0.05, 0.1) is 12.2 Å². The van der Waals surface area contributed by atoms with E-state index in [0.717, 1.165) is 5.56 Å². The number of halogens is 1. The molecule has 1 N–H and O–H groups in total. The summed E-state index contributed by atoms with van der Waals surface area (Å²) in [6.45, 7) is 5.59. The van der Waals surface area contributed by atoms with Gasteiger partial charge in [-0.15, -0.1) is 0 Å². The number of rotatable bonds is 6. The normalized spacial score (nSPS) is 11.5. The Morgan fingerprint density at radius 3 is 2.44 bits per heavy atom. The molecule has 25 heavy (non-hydrogen) atoms. The molecular weight excluding hydrogens is 342 g/mol. The first-order chi connectivity index (χ1) is 11.9. The van der Waals surface area contributed by atoms with Crippen molar-refractivity contribution < 1.29 is 19.1 Å². The van der Waals surface area contributed by atoms with Crippen molar-refractivity contribution in [3.8, 4) is 5.75 Å². The summed E-state index contributed by atoms with van der Waals surface area (Å²) in [5.74, 6) is -0.0850. The van der Waals surface area contributed by atoms with Crippen molar-refractivity contribution >= 4 is 29.2 Å². The Morgan fingerprint density at radius 2 is 1.84 bits per heavy atom. The van der Waals surface area contributed by atoms with Crippen molar-refractivity contribution in [2.75, 3.05) is 11.9 Å². The Morgan fingerprint density at radius 1 is 1.16 bits per heavy atom. The third kappa shape index (κ3) is 5.22. The second-order valence-corrected chi connectivity index (χ2v) is 5.89. The van der Waals surface area contributed by atoms with Crippen LogP contribution < -0.4 is 10.1 Å². The molecule has 132 valence electrons. The molecule has 0 radical (unpaired) electrons. The number of carbonyl (C=O) groups excluding carboxylic acids is 2. The van der Waals surface area contributed by atoms with Gasteiger partial charge in [0.25, 0.3) is 5.91 Å². The lowest BCUT2D eigenvalue weighted by Gasteiger charge is -2.16. The smallest absolute Gasteiger partial charge is 0.338 e. The van der Waals surface area contributed by atoms with Crippen molar-refractivity contribution in [1.82, 2.24) is 0 Å². The molecule has 0 aliphatic heterocycles. The summed E-state index contributed by atoms with van der Waals surface area (Å²) < 4.78 is 10.6. The highest BCUT2D eigenvalue weighted by molar-refractivity contribution is 6.30. The van der Waals surface area contributed by atoms with E-state index in [1.807, 2.05) is 6.92 Å². The number of aryl methyl sites for hydroxylation is 1. The largest absolute Gasteiger partial charge is 0.481 e. The lowest BCUT2D eigenvalue weighted by molar-refractivity contribution is -0.122. The Balaban J connectivity index is 1.97. The fourth-order valence-electron chi connectivity index (χ4n) is 2.14. The minimum atomic E-state index is -0.690. The van der Waals surface area contributed by atoms with Crippen molar-refractivity contribution in [3.05, 3.63) is 58.6 Å². The molecule has 0 aliphatic carbocycles. The molecular formula is C19H20ClNO4. The predicted molar refractivity (Wildman–Crippen MR) is 97.3 cm³/mol. The molecule has 1 unspecified atom stereocenters. The molecule has 0 saturated heterocycles. The summed E-state index contributed by atoms with van der Waals surface area (Å²) in [4.78, 5) is 23.9. The molecule has 5 nitrogen and oxygen atoms in total. The van der Waals surface area contributed by atoms with Gasteiger partial charge in [0.15, 0.2) is 6.10 Å². The van der Waals surface area contributed by atoms with Gasteiger partial charge in [-0.3, -0.25) is 4.79 Å². The summed E-state index contributed by atoms with van der Waals surface area (Å²) in [5.41, 5.74) is 1.85. The SMILES string of the molecule is CCOC(=O)c1ccc(NC(=O)C(C)Oc2ccc(Cl)cc2C)cc1. The molecule has 0 spiro atoms. The molecule has 0 heterocycles. The summed E-state index contributed by atoms with van der Waals surface area (Å²) in [6.07, 6.45) is -0.690. The summed E-state index contributed by atoms with van der Waals surface area (Å²) >= 11 is 5.91. The van der Waals surface area contributed by atoms with Crippen LogP contribution in [0.15, 0.2) is 42.5 Å². The van der Waals surface area contributed by atoms with Crippen molar-refractivity contribution in [1.29, 1.82) is 0 Å². The second-order valence-electron chi connectivity index (χ2n) is 5.46. The number of nitrogens with one attached hydrogen (secondary N) is 1. The average molecular weight is 362 g/mol. The van der Waals surface area contributed by atoms with Crippen LogP contribution in [0.4, 0.5) is 5.69 Å².